The van der Waals surface area contributed by atoms with Gasteiger partial charge in [-0.25, -0.2) is 4.98 Å². The summed E-state index contributed by atoms with van der Waals surface area (Å²) in [5, 5.41) is 6.41. The largest absolute Gasteiger partial charge is 0.368 e. The maximum atomic E-state index is 5.43. The zero-order valence-electron chi connectivity index (χ0n) is 7.46. The summed E-state index contributed by atoms with van der Waals surface area (Å²) in [6.45, 7) is 1.36. The van der Waals surface area contributed by atoms with Crippen molar-refractivity contribution in [3.8, 4) is 0 Å². The number of hydrogen-bond acceptors (Lipinski definition) is 4. The molecule has 0 unspecified atom stereocenters. The average Bonchev–Trinajstić information content (AvgIpc) is 2.66. The average molecular weight is 272 g/mol. The van der Waals surface area contributed by atoms with Crippen molar-refractivity contribution in [1.82, 2.24) is 4.98 Å². The molecule has 0 saturated carbocycles. The van der Waals surface area contributed by atoms with E-state index in [2.05, 4.69) is 37.7 Å². The Morgan fingerprint density at radius 3 is 3.21 bits per heavy atom. The van der Waals surface area contributed by atoms with Crippen LogP contribution in [-0.4, -0.2) is 18.1 Å². The first-order valence-electron chi connectivity index (χ1n) is 4.28. The highest BCUT2D eigenvalue weighted by atomic mass is 79.9. The van der Waals surface area contributed by atoms with Crippen LogP contribution in [0.1, 0.15) is 0 Å². The van der Waals surface area contributed by atoms with Crippen LogP contribution in [0.5, 0.6) is 0 Å². The fraction of sp³-hybridized carbons (Fsp3) is 0.222. The minimum absolute atomic E-state index is 0.614. The van der Waals surface area contributed by atoms with Gasteiger partial charge in [0.1, 0.15) is 5.82 Å². The molecule has 0 bridgehead atoms. The van der Waals surface area contributed by atoms with Gasteiger partial charge < -0.3 is 11.1 Å². The number of anilines is 1. The van der Waals surface area contributed by atoms with Crippen LogP contribution in [0, 0.1) is 0 Å². The standard InChI is InChI=1S/C9H10BrN3S/c10-7-5-13-9(12-3-2-11)6-1-4-14-8(6)7/h1,4-5H,2-3,11H2,(H,12,13). The molecule has 0 aliphatic rings. The maximum absolute atomic E-state index is 5.43. The minimum atomic E-state index is 0.614. The molecule has 0 atom stereocenters. The number of rotatable bonds is 3. The number of thiophene rings is 1. The van der Waals surface area contributed by atoms with Gasteiger partial charge in [0.2, 0.25) is 0 Å². The summed E-state index contributed by atoms with van der Waals surface area (Å²) in [7, 11) is 0. The van der Waals surface area contributed by atoms with Crippen molar-refractivity contribution in [2.45, 2.75) is 0 Å². The van der Waals surface area contributed by atoms with Crippen LogP contribution < -0.4 is 11.1 Å². The molecule has 2 rings (SSSR count). The molecule has 0 aliphatic heterocycles. The molecule has 14 heavy (non-hydrogen) atoms. The lowest BCUT2D eigenvalue weighted by Crippen LogP contribution is -2.13. The van der Waals surface area contributed by atoms with E-state index in [-0.39, 0.29) is 0 Å². The van der Waals surface area contributed by atoms with Gasteiger partial charge in [-0.05, 0) is 27.4 Å². The van der Waals surface area contributed by atoms with Gasteiger partial charge in [0, 0.05) is 24.7 Å². The second-order valence-corrected chi connectivity index (χ2v) is 4.60. The molecule has 0 aliphatic carbocycles. The first-order chi connectivity index (χ1) is 6.83. The van der Waals surface area contributed by atoms with Crippen LogP contribution in [0.25, 0.3) is 10.1 Å². The molecule has 0 fully saturated rings. The molecule has 5 heteroatoms. The van der Waals surface area contributed by atoms with E-state index in [4.69, 9.17) is 5.73 Å². The van der Waals surface area contributed by atoms with Crippen molar-refractivity contribution in [2.24, 2.45) is 5.73 Å². The van der Waals surface area contributed by atoms with Gasteiger partial charge in [-0.15, -0.1) is 11.3 Å². The lowest BCUT2D eigenvalue weighted by atomic mass is 10.3. The molecule has 2 aromatic heterocycles. The van der Waals surface area contributed by atoms with E-state index < -0.39 is 0 Å². The monoisotopic (exact) mass is 271 g/mol. The topological polar surface area (TPSA) is 50.9 Å². The molecule has 0 radical (unpaired) electrons. The number of pyridine rings is 1. The Morgan fingerprint density at radius 1 is 1.57 bits per heavy atom. The highest BCUT2D eigenvalue weighted by molar-refractivity contribution is 9.10. The third kappa shape index (κ3) is 1.75. The van der Waals surface area contributed by atoms with E-state index in [0.29, 0.717) is 6.54 Å². The molecule has 0 aromatic carbocycles. The van der Waals surface area contributed by atoms with Gasteiger partial charge in [0.25, 0.3) is 0 Å². The highest BCUT2D eigenvalue weighted by Crippen LogP contribution is 2.32. The Morgan fingerprint density at radius 2 is 2.43 bits per heavy atom. The summed E-state index contributed by atoms with van der Waals surface area (Å²) in [6.07, 6.45) is 1.82. The van der Waals surface area contributed by atoms with E-state index in [9.17, 15) is 0 Å². The molecule has 3 N–H and O–H groups in total. The fourth-order valence-corrected chi connectivity index (χ4v) is 2.66. The van der Waals surface area contributed by atoms with Crippen LogP contribution in [0.4, 0.5) is 5.82 Å². The first kappa shape index (κ1) is 9.89. The van der Waals surface area contributed by atoms with Crippen molar-refractivity contribution >= 4 is 43.2 Å². The lowest BCUT2D eigenvalue weighted by Gasteiger charge is -2.05. The third-order valence-electron chi connectivity index (χ3n) is 1.88. The molecular weight excluding hydrogens is 262 g/mol. The SMILES string of the molecule is NCCNc1ncc(Br)c2sccc12. The second kappa shape index (κ2) is 4.25. The summed E-state index contributed by atoms with van der Waals surface area (Å²) in [6, 6.07) is 2.07. The Kier molecular flexibility index (Phi) is 3.00. The zero-order chi connectivity index (χ0) is 9.97. The van der Waals surface area contributed by atoms with Crippen molar-refractivity contribution in [3.05, 3.63) is 22.1 Å². The number of nitrogens with two attached hydrogens (primary N) is 1. The van der Waals surface area contributed by atoms with Gasteiger partial charge in [-0.3, -0.25) is 0 Å². The number of aromatic nitrogens is 1. The Hall–Kier alpha value is -0.650. The normalized spacial score (nSPS) is 10.7. The predicted molar refractivity (Wildman–Crippen MR) is 64.9 cm³/mol. The molecule has 2 aromatic rings. The van der Waals surface area contributed by atoms with E-state index in [1.807, 2.05) is 6.20 Å². The quantitative estimate of drug-likeness (QED) is 0.902. The van der Waals surface area contributed by atoms with Gasteiger partial charge in [-0.2, -0.15) is 0 Å². The molecule has 0 spiro atoms. The van der Waals surface area contributed by atoms with Gasteiger partial charge in [0.15, 0.2) is 0 Å². The van der Waals surface area contributed by atoms with Crippen molar-refractivity contribution < 1.29 is 0 Å². The Balaban J connectivity index is 2.45. The minimum Gasteiger partial charge on any atom is -0.368 e. The van der Waals surface area contributed by atoms with E-state index in [1.54, 1.807) is 11.3 Å². The van der Waals surface area contributed by atoms with Crippen LogP contribution >= 0.6 is 27.3 Å². The number of nitrogens with zero attached hydrogens (tertiary/aromatic N) is 1. The van der Waals surface area contributed by atoms with Crippen LogP contribution in [0.2, 0.25) is 0 Å². The Labute approximate surface area is 94.5 Å². The van der Waals surface area contributed by atoms with Crippen molar-refractivity contribution in [2.75, 3.05) is 18.4 Å². The Bertz CT molecular complexity index is 441. The van der Waals surface area contributed by atoms with E-state index in [0.717, 1.165) is 22.2 Å². The number of hydrogen-bond donors (Lipinski definition) is 2. The van der Waals surface area contributed by atoms with Gasteiger partial charge >= 0.3 is 0 Å². The smallest absolute Gasteiger partial charge is 0.134 e. The van der Waals surface area contributed by atoms with Crippen molar-refractivity contribution in [1.29, 1.82) is 0 Å². The number of nitrogens with one attached hydrogen (secondary N) is 1. The van der Waals surface area contributed by atoms with E-state index in [1.165, 1.54) is 4.70 Å². The fourth-order valence-electron chi connectivity index (χ4n) is 1.26. The summed E-state index contributed by atoms with van der Waals surface area (Å²) in [4.78, 5) is 4.31. The summed E-state index contributed by atoms with van der Waals surface area (Å²) in [5.74, 6) is 0.912. The lowest BCUT2D eigenvalue weighted by molar-refractivity contribution is 1.01. The second-order valence-electron chi connectivity index (χ2n) is 2.83. The molecule has 74 valence electrons. The van der Waals surface area contributed by atoms with Crippen LogP contribution in [-0.2, 0) is 0 Å². The predicted octanol–water partition coefficient (Wildman–Crippen LogP) is 2.43. The van der Waals surface area contributed by atoms with Gasteiger partial charge in [0.05, 0.1) is 9.17 Å². The zero-order valence-corrected chi connectivity index (χ0v) is 9.86. The summed E-state index contributed by atoms with van der Waals surface area (Å²) in [5.41, 5.74) is 5.43. The molecule has 0 saturated heterocycles. The molecule has 3 nitrogen and oxygen atoms in total. The maximum Gasteiger partial charge on any atom is 0.134 e. The van der Waals surface area contributed by atoms with Crippen LogP contribution in [0.15, 0.2) is 22.1 Å². The summed E-state index contributed by atoms with van der Waals surface area (Å²) < 4.78 is 2.26. The van der Waals surface area contributed by atoms with Crippen molar-refractivity contribution in [3.63, 3.8) is 0 Å². The van der Waals surface area contributed by atoms with Gasteiger partial charge in [-0.1, -0.05) is 0 Å². The molecular formula is C9H10BrN3S. The first-order valence-corrected chi connectivity index (χ1v) is 5.96. The highest BCUT2D eigenvalue weighted by Gasteiger charge is 2.05. The number of fused-ring (bicyclic) bond motifs is 1. The third-order valence-corrected chi connectivity index (χ3v) is 3.69. The van der Waals surface area contributed by atoms with E-state index >= 15 is 0 Å². The summed E-state index contributed by atoms with van der Waals surface area (Å²) >= 11 is 5.18. The molecule has 2 heterocycles. The number of halogens is 1. The van der Waals surface area contributed by atoms with Crippen LogP contribution in [0.3, 0.4) is 0 Å². The molecule has 0 amide bonds.